The van der Waals surface area contributed by atoms with E-state index in [0.717, 1.165) is 19.1 Å². The maximum absolute atomic E-state index is 11.8. The Bertz CT molecular complexity index is 699. The van der Waals surface area contributed by atoms with Gasteiger partial charge in [-0.25, -0.2) is 13.4 Å². The van der Waals surface area contributed by atoms with E-state index in [4.69, 9.17) is 28.5 Å². The molecule has 1 aromatic rings. The quantitative estimate of drug-likeness (QED) is 0.624. The molecular formula is C13H17Cl2N5O2S. The van der Waals surface area contributed by atoms with Crippen LogP contribution in [0.3, 0.4) is 0 Å². The Morgan fingerprint density at radius 2 is 2.04 bits per heavy atom. The zero-order chi connectivity index (χ0) is 17.0. The first-order valence-electron chi connectivity index (χ1n) is 7.09. The van der Waals surface area contributed by atoms with Crippen molar-refractivity contribution in [1.29, 1.82) is 5.26 Å². The standard InChI is InChI=1S/C13H17Cl2N5O2S/c1-23(21,22)20(7-6-16)10-4-2-9(3-5-10)18-12-11(14)8-17-13(15)19-12/h8-10H,2-5,7H2,1H3,(H,17,18,19)/t9-,10-. The van der Waals surface area contributed by atoms with Crippen molar-refractivity contribution in [2.45, 2.75) is 37.8 Å². The summed E-state index contributed by atoms with van der Waals surface area (Å²) in [7, 11) is -3.38. The summed E-state index contributed by atoms with van der Waals surface area (Å²) in [6.07, 6.45) is 5.41. The van der Waals surface area contributed by atoms with E-state index in [1.54, 1.807) is 0 Å². The normalized spacial score (nSPS) is 21.9. The number of aromatic nitrogens is 2. The molecule has 1 aliphatic carbocycles. The largest absolute Gasteiger partial charge is 0.366 e. The van der Waals surface area contributed by atoms with Gasteiger partial charge in [0.05, 0.1) is 18.5 Å². The number of hydrogen-bond acceptors (Lipinski definition) is 6. The molecule has 10 heteroatoms. The minimum absolute atomic E-state index is 0.114. The molecule has 0 atom stereocenters. The van der Waals surface area contributed by atoms with Crippen LogP contribution < -0.4 is 5.32 Å². The maximum atomic E-state index is 11.8. The molecule has 1 fully saturated rings. The molecule has 0 bridgehead atoms. The molecule has 0 spiro atoms. The fourth-order valence-corrected chi connectivity index (χ4v) is 4.06. The third-order valence-corrected chi connectivity index (χ3v) is 5.55. The van der Waals surface area contributed by atoms with Crippen LogP contribution in [-0.4, -0.2) is 47.6 Å². The third kappa shape index (κ3) is 4.91. The van der Waals surface area contributed by atoms with Gasteiger partial charge < -0.3 is 5.32 Å². The van der Waals surface area contributed by atoms with Crippen molar-refractivity contribution in [3.63, 3.8) is 0 Å². The van der Waals surface area contributed by atoms with Crippen LogP contribution in [0.5, 0.6) is 0 Å². The molecule has 1 heterocycles. The number of nitrogens with zero attached hydrogens (tertiary/aromatic N) is 4. The second-order valence-corrected chi connectivity index (χ2v) is 8.13. The molecule has 126 valence electrons. The lowest BCUT2D eigenvalue weighted by molar-refractivity contribution is 0.262. The van der Waals surface area contributed by atoms with Gasteiger partial charge in [-0.15, -0.1) is 0 Å². The van der Waals surface area contributed by atoms with Crippen molar-refractivity contribution in [2.24, 2.45) is 0 Å². The summed E-state index contributed by atoms with van der Waals surface area (Å²) in [5, 5.41) is 12.5. The van der Waals surface area contributed by atoms with E-state index in [1.165, 1.54) is 10.5 Å². The smallest absolute Gasteiger partial charge is 0.224 e. The van der Waals surface area contributed by atoms with Gasteiger partial charge >= 0.3 is 0 Å². The first kappa shape index (κ1) is 18.2. The van der Waals surface area contributed by atoms with Crippen molar-refractivity contribution < 1.29 is 8.42 Å². The fourth-order valence-electron chi connectivity index (χ4n) is 2.74. The average Bonchev–Trinajstić information content (AvgIpc) is 2.48. The summed E-state index contributed by atoms with van der Waals surface area (Å²) < 4.78 is 24.8. The number of sulfonamides is 1. The van der Waals surface area contributed by atoms with Crippen LogP contribution >= 0.6 is 23.2 Å². The van der Waals surface area contributed by atoms with Crippen LogP contribution in [-0.2, 0) is 10.0 Å². The summed E-state index contributed by atoms with van der Waals surface area (Å²) in [4.78, 5) is 7.85. The first-order chi connectivity index (χ1) is 10.8. The van der Waals surface area contributed by atoms with Gasteiger partial charge in [0.1, 0.15) is 17.4 Å². The predicted molar refractivity (Wildman–Crippen MR) is 88.9 cm³/mol. The van der Waals surface area contributed by atoms with Crippen LogP contribution in [0.2, 0.25) is 10.3 Å². The van der Waals surface area contributed by atoms with E-state index < -0.39 is 10.0 Å². The molecule has 2 rings (SSSR count). The first-order valence-corrected chi connectivity index (χ1v) is 9.70. The molecular weight excluding hydrogens is 361 g/mol. The number of halogens is 2. The van der Waals surface area contributed by atoms with Crippen LogP contribution in [0.4, 0.5) is 5.82 Å². The Balaban J connectivity index is 1.98. The Morgan fingerprint density at radius 3 is 2.61 bits per heavy atom. The van der Waals surface area contributed by atoms with Crippen LogP contribution in [0.25, 0.3) is 0 Å². The lowest BCUT2D eigenvalue weighted by Gasteiger charge is -2.34. The summed E-state index contributed by atoms with van der Waals surface area (Å²) in [6.45, 7) is -0.116. The number of anilines is 1. The number of hydrogen-bond donors (Lipinski definition) is 1. The van der Waals surface area contributed by atoms with Gasteiger partial charge in [0.15, 0.2) is 0 Å². The van der Waals surface area contributed by atoms with E-state index in [0.29, 0.717) is 23.7 Å². The monoisotopic (exact) mass is 377 g/mol. The number of rotatable bonds is 5. The molecule has 0 amide bonds. The average molecular weight is 378 g/mol. The van der Waals surface area contributed by atoms with E-state index >= 15 is 0 Å². The predicted octanol–water partition coefficient (Wildman–Crippen LogP) is 2.29. The number of nitriles is 1. The van der Waals surface area contributed by atoms with Crippen LogP contribution in [0.1, 0.15) is 25.7 Å². The summed E-state index contributed by atoms with van der Waals surface area (Å²) in [5.41, 5.74) is 0. The van der Waals surface area contributed by atoms with Gasteiger partial charge in [-0.05, 0) is 37.3 Å². The van der Waals surface area contributed by atoms with Crippen molar-refractivity contribution >= 4 is 39.0 Å². The molecule has 0 aromatic carbocycles. The molecule has 0 saturated heterocycles. The molecule has 0 aliphatic heterocycles. The van der Waals surface area contributed by atoms with Crippen molar-refractivity contribution in [3.8, 4) is 6.07 Å². The topological polar surface area (TPSA) is 99.0 Å². The Kier molecular flexibility index (Phi) is 6.03. The van der Waals surface area contributed by atoms with Crippen molar-refractivity contribution in [1.82, 2.24) is 14.3 Å². The summed E-state index contributed by atoms with van der Waals surface area (Å²) >= 11 is 11.8. The van der Waals surface area contributed by atoms with Gasteiger partial charge in [-0.2, -0.15) is 14.6 Å². The molecule has 1 aromatic heterocycles. The van der Waals surface area contributed by atoms with E-state index in [-0.39, 0.29) is 23.9 Å². The van der Waals surface area contributed by atoms with Crippen molar-refractivity contribution in [2.75, 3.05) is 18.1 Å². The SMILES string of the molecule is CS(=O)(=O)N(CC#N)[C@H]1CC[C@H](Nc2nc(Cl)ncc2Cl)CC1. The molecule has 1 N–H and O–H groups in total. The van der Waals surface area contributed by atoms with Gasteiger partial charge in [-0.3, -0.25) is 0 Å². The molecule has 0 unspecified atom stereocenters. The number of nitrogens with one attached hydrogen (secondary N) is 1. The molecule has 7 nitrogen and oxygen atoms in total. The molecule has 23 heavy (non-hydrogen) atoms. The minimum Gasteiger partial charge on any atom is -0.366 e. The van der Waals surface area contributed by atoms with E-state index in [2.05, 4.69) is 15.3 Å². The zero-order valence-corrected chi connectivity index (χ0v) is 14.9. The summed E-state index contributed by atoms with van der Waals surface area (Å²) in [6, 6.07) is 1.90. The second-order valence-electron chi connectivity index (χ2n) is 5.45. The highest BCUT2D eigenvalue weighted by Gasteiger charge is 2.31. The Hall–Kier alpha value is -1.14. The molecule has 0 radical (unpaired) electrons. The highest BCUT2D eigenvalue weighted by Crippen LogP contribution is 2.28. The molecule has 1 aliphatic rings. The van der Waals surface area contributed by atoms with Gasteiger partial charge in [-0.1, -0.05) is 11.6 Å². The van der Waals surface area contributed by atoms with E-state index in [1.807, 2.05) is 6.07 Å². The molecule has 1 saturated carbocycles. The van der Waals surface area contributed by atoms with Gasteiger partial charge in [0, 0.05) is 12.1 Å². The Labute approximate surface area is 145 Å². The van der Waals surface area contributed by atoms with Gasteiger partial charge in [0.25, 0.3) is 0 Å². The minimum atomic E-state index is -3.38. The second kappa shape index (κ2) is 7.62. The third-order valence-electron chi connectivity index (χ3n) is 3.81. The maximum Gasteiger partial charge on any atom is 0.224 e. The summed E-state index contributed by atoms with van der Waals surface area (Å²) in [5.74, 6) is 0.479. The zero-order valence-electron chi connectivity index (χ0n) is 12.5. The lowest BCUT2D eigenvalue weighted by atomic mass is 9.91. The van der Waals surface area contributed by atoms with Crippen LogP contribution in [0, 0.1) is 11.3 Å². The fraction of sp³-hybridized carbons (Fsp3) is 0.615. The van der Waals surface area contributed by atoms with Gasteiger partial charge in [0.2, 0.25) is 15.3 Å². The lowest BCUT2D eigenvalue weighted by Crippen LogP contribution is -2.43. The van der Waals surface area contributed by atoms with E-state index in [9.17, 15) is 8.42 Å². The van der Waals surface area contributed by atoms with Crippen molar-refractivity contribution in [3.05, 3.63) is 16.5 Å². The Morgan fingerprint density at radius 1 is 1.39 bits per heavy atom. The highest BCUT2D eigenvalue weighted by atomic mass is 35.5. The van der Waals surface area contributed by atoms with Crippen LogP contribution in [0.15, 0.2) is 6.20 Å². The highest BCUT2D eigenvalue weighted by molar-refractivity contribution is 7.88.